The molecule has 0 saturated carbocycles. The lowest BCUT2D eigenvalue weighted by molar-refractivity contribution is -0.134. The van der Waals surface area contributed by atoms with Gasteiger partial charge in [0.25, 0.3) is 0 Å². The number of rotatable bonds is 6. The number of methoxy groups -OCH3 is 1. The number of carbonyl (C=O) groups excluding carboxylic acids is 1. The summed E-state index contributed by atoms with van der Waals surface area (Å²) in [6, 6.07) is 5.99. The number of esters is 1. The van der Waals surface area contributed by atoms with Gasteiger partial charge in [-0.2, -0.15) is 0 Å². The van der Waals surface area contributed by atoms with Crippen molar-refractivity contribution in [2.24, 2.45) is 0 Å². The zero-order valence-corrected chi connectivity index (χ0v) is 16.2. The fraction of sp³-hybridized carbons (Fsp3) is 0.381. The van der Waals surface area contributed by atoms with E-state index in [1.165, 1.54) is 24.8 Å². The summed E-state index contributed by atoms with van der Waals surface area (Å²) in [4.78, 5) is 13.2. The number of halogens is 1. The highest BCUT2D eigenvalue weighted by Gasteiger charge is 2.11. The van der Waals surface area contributed by atoms with Gasteiger partial charge in [0.05, 0.1) is 7.11 Å². The molecule has 0 aromatic heterocycles. The molecule has 0 aliphatic heterocycles. The predicted octanol–water partition coefficient (Wildman–Crippen LogP) is 5.25. The van der Waals surface area contributed by atoms with E-state index in [0.717, 1.165) is 11.3 Å². The molecule has 0 saturated heterocycles. The third-order valence-corrected chi connectivity index (χ3v) is 3.96. The predicted molar refractivity (Wildman–Crippen MR) is 103 cm³/mol. The van der Waals surface area contributed by atoms with E-state index in [9.17, 15) is 9.18 Å². The topological polar surface area (TPSA) is 29.5 Å². The van der Waals surface area contributed by atoms with E-state index in [0.29, 0.717) is 17.1 Å². The third-order valence-electron chi connectivity index (χ3n) is 3.96. The van der Waals surface area contributed by atoms with Gasteiger partial charge in [-0.3, -0.25) is 0 Å². The summed E-state index contributed by atoms with van der Waals surface area (Å²) in [5, 5.41) is 0. The lowest BCUT2D eigenvalue weighted by atomic mass is 9.95. The molecule has 0 N–H and O–H groups in total. The minimum atomic E-state index is -0.455. The first-order chi connectivity index (χ1) is 11.7. The largest absolute Gasteiger partial charge is 0.466 e. The van der Waals surface area contributed by atoms with Gasteiger partial charge < -0.3 is 9.64 Å². The number of hydrogen-bond donors (Lipinski definition) is 0. The van der Waals surface area contributed by atoms with Crippen LogP contribution in [0, 0.1) is 0 Å². The molecule has 0 amide bonds. The number of benzene rings is 1. The second-order valence-corrected chi connectivity index (χ2v) is 6.54. The van der Waals surface area contributed by atoms with Crippen molar-refractivity contribution in [3.8, 4) is 0 Å². The number of hydrogen-bond acceptors (Lipinski definition) is 3. The van der Waals surface area contributed by atoms with E-state index < -0.39 is 5.97 Å². The van der Waals surface area contributed by atoms with Crippen LogP contribution in [-0.4, -0.2) is 27.2 Å². The number of anilines is 1. The maximum atomic E-state index is 14.5. The second-order valence-electron chi connectivity index (χ2n) is 6.54. The lowest BCUT2D eigenvalue weighted by Gasteiger charge is -2.21. The molecule has 0 heterocycles. The number of ether oxygens (including phenoxy) is 1. The average molecular weight is 345 g/mol. The Hall–Kier alpha value is -2.36. The summed E-state index contributed by atoms with van der Waals surface area (Å²) in [6.45, 7) is 7.73. The first kappa shape index (κ1) is 20.7. The molecule has 1 aromatic rings. The average Bonchev–Trinajstić information content (AvgIpc) is 2.57. The molecule has 0 bridgehead atoms. The zero-order valence-electron chi connectivity index (χ0n) is 16.2. The summed E-state index contributed by atoms with van der Waals surface area (Å²) in [5.74, 6) is -0.442. The Bertz CT molecular complexity index is 713. The third kappa shape index (κ3) is 5.89. The first-order valence-corrected chi connectivity index (χ1v) is 8.29. The molecule has 4 heteroatoms. The molecule has 0 aliphatic carbocycles. The van der Waals surface area contributed by atoms with Gasteiger partial charge >= 0.3 is 5.97 Å². The molecule has 0 atom stereocenters. The van der Waals surface area contributed by atoms with Crippen LogP contribution in [-0.2, 0) is 9.53 Å². The van der Waals surface area contributed by atoms with Crippen molar-refractivity contribution in [3.05, 3.63) is 59.0 Å². The van der Waals surface area contributed by atoms with Gasteiger partial charge in [0.1, 0.15) is 5.83 Å². The van der Waals surface area contributed by atoms with Crippen molar-refractivity contribution in [2.75, 3.05) is 26.1 Å². The number of nitrogens with zero attached hydrogens (tertiary/aromatic N) is 1. The van der Waals surface area contributed by atoms with E-state index in [2.05, 4.69) is 23.5 Å². The van der Waals surface area contributed by atoms with E-state index in [4.69, 9.17) is 0 Å². The number of carbonyl (C=O) groups is 1. The van der Waals surface area contributed by atoms with Gasteiger partial charge in [0.2, 0.25) is 0 Å². The SMILES string of the molecule is COC(=O)C=C(C)C=CC(F)=C(C)c1ccc(N(C)C)c(C(C)C)c1. The Morgan fingerprint density at radius 2 is 1.84 bits per heavy atom. The van der Waals surface area contributed by atoms with E-state index in [1.54, 1.807) is 19.9 Å². The lowest BCUT2D eigenvalue weighted by Crippen LogP contribution is -2.12. The van der Waals surface area contributed by atoms with Gasteiger partial charge in [0, 0.05) is 25.9 Å². The molecule has 0 radical (unpaired) electrons. The molecule has 0 aliphatic rings. The monoisotopic (exact) mass is 345 g/mol. The standard InChI is InChI=1S/C21H28FNO2/c1-14(2)18-13-17(9-11-20(18)23(5)6)16(4)19(22)10-8-15(3)12-21(24)25-7/h8-14H,1-7H3. The Morgan fingerprint density at radius 3 is 2.36 bits per heavy atom. The second kappa shape index (κ2) is 9.21. The quantitative estimate of drug-likeness (QED) is 0.400. The molecule has 136 valence electrons. The van der Waals surface area contributed by atoms with Crippen LogP contribution < -0.4 is 4.90 Å². The summed E-state index contributed by atoms with van der Waals surface area (Å²) in [5.41, 5.74) is 4.36. The molecule has 0 fully saturated rings. The Kier molecular flexibility index (Phi) is 7.62. The van der Waals surface area contributed by atoms with Crippen LogP contribution in [0.15, 0.2) is 47.8 Å². The number of allylic oxidation sites excluding steroid dienone is 5. The summed E-state index contributed by atoms with van der Waals surface area (Å²) in [6.07, 6.45) is 4.26. The van der Waals surface area contributed by atoms with Crippen molar-refractivity contribution in [1.29, 1.82) is 0 Å². The van der Waals surface area contributed by atoms with E-state index >= 15 is 0 Å². The van der Waals surface area contributed by atoms with Crippen LogP contribution in [0.2, 0.25) is 0 Å². The first-order valence-electron chi connectivity index (χ1n) is 8.29. The van der Waals surface area contributed by atoms with Crippen LogP contribution in [0.25, 0.3) is 5.57 Å². The molecular formula is C21H28FNO2. The Balaban J connectivity index is 3.18. The van der Waals surface area contributed by atoms with E-state index in [-0.39, 0.29) is 5.83 Å². The van der Waals surface area contributed by atoms with Gasteiger partial charge in [-0.15, -0.1) is 0 Å². The maximum Gasteiger partial charge on any atom is 0.330 e. The maximum absolute atomic E-state index is 14.5. The molecular weight excluding hydrogens is 317 g/mol. The van der Waals surface area contributed by atoms with Crippen molar-refractivity contribution in [1.82, 2.24) is 0 Å². The van der Waals surface area contributed by atoms with Crippen LogP contribution >= 0.6 is 0 Å². The molecule has 1 aromatic carbocycles. The molecule has 3 nitrogen and oxygen atoms in total. The van der Waals surface area contributed by atoms with Crippen LogP contribution in [0.5, 0.6) is 0 Å². The highest BCUT2D eigenvalue weighted by atomic mass is 19.1. The summed E-state index contributed by atoms with van der Waals surface area (Å²) >= 11 is 0. The van der Waals surface area contributed by atoms with Crippen molar-refractivity contribution >= 4 is 17.2 Å². The van der Waals surface area contributed by atoms with Crippen LogP contribution in [0.4, 0.5) is 10.1 Å². The van der Waals surface area contributed by atoms with Crippen molar-refractivity contribution in [2.45, 2.75) is 33.6 Å². The minimum absolute atomic E-state index is 0.329. The summed E-state index contributed by atoms with van der Waals surface area (Å²) < 4.78 is 19.0. The van der Waals surface area contributed by atoms with E-state index in [1.807, 2.05) is 32.3 Å². The molecule has 1 rings (SSSR count). The minimum Gasteiger partial charge on any atom is -0.466 e. The molecule has 0 unspecified atom stereocenters. The Labute approximate surface area is 150 Å². The Morgan fingerprint density at radius 1 is 1.20 bits per heavy atom. The van der Waals surface area contributed by atoms with Gasteiger partial charge in [-0.1, -0.05) is 26.0 Å². The normalized spacial score (nSPS) is 13.2. The van der Waals surface area contributed by atoms with Gasteiger partial charge in [0.15, 0.2) is 0 Å². The van der Waals surface area contributed by atoms with Crippen LogP contribution in [0.1, 0.15) is 44.7 Å². The molecule has 25 heavy (non-hydrogen) atoms. The highest BCUT2D eigenvalue weighted by molar-refractivity contribution is 5.83. The fourth-order valence-corrected chi connectivity index (χ4v) is 2.42. The zero-order chi connectivity index (χ0) is 19.1. The smallest absolute Gasteiger partial charge is 0.330 e. The van der Waals surface area contributed by atoms with Crippen molar-refractivity contribution < 1.29 is 13.9 Å². The fourth-order valence-electron chi connectivity index (χ4n) is 2.42. The van der Waals surface area contributed by atoms with Gasteiger partial charge in [-0.05, 0) is 60.2 Å². The van der Waals surface area contributed by atoms with Gasteiger partial charge in [-0.25, -0.2) is 9.18 Å². The highest BCUT2D eigenvalue weighted by Crippen LogP contribution is 2.31. The summed E-state index contributed by atoms with van der Waals surface area (Å²) in [7, 11) is 5.32. The van der Waals surface area contributed by atoms with Crippen LogP contribution in [0.3, 0.4) is 0 Å². The van der Waals surface area contributed by atoms with Crippen molar-refractivity contribution in [3.63, 3.8) is 0 Å². The molecule has 0 spiro atoms.